The zero-order valence-corrected chi connectivity index (χ0v) is 10.3. The second kappa shape index (κ2) is 4.35. The van der Waals surface area contributed by atoms with E-state index >= 15 is 0 Å². The first kappa shape index (κ1) is 10.7. The van der Waals surface area contributed by atoms with Crippen LogP contribution in [-0.4, -0.2) is 19.4 Å². The molecule has 0 aromatic heterocycles. The highest BCUT2D eigenvalue weighted by Crippen LogP contribution is 2.38. The predicted octanol–water partition coefficient (Wildman–Crippen LogP) is 2.96. The van der Waals surface area contributed by atoms with Gasteiger partial charge in [0.15, 0.2) is 0 Å². The first-order valence-corrected chi connectivity index (χ1v) is 6.03. The summed E-state index contributed by atoms with van der Waals surface area (Å²) in [6.07, 6.45) is 1.65. The molecule has 1 aromatic carbocycles. The highest BCUT2D eigenvalue weighted by molar-refractivity contribution is 9.10. The van der Waals surface area contributed by atoms with Crippen LogP contribution in [0.1, 0.15) is 24.8 Å². The van der Waals surface area contributed by atoms with Crippen molar-refractivity contribution in [3.05, 3.63) is 28.2 Å². The second-order valence-electron chi connectivity index (χ2n) is 3.84. The summed E-state index contributed by atoms with van der Waals surface area (Å²) < 4.78 is 1.09. The highest BCUT2D eigenvalue weighted by atomic mass is 79.9. The van der Waals surface area contributed by atoms with Gasteiger partial charge in [0.1, 0.15) is 6.29 Å². The van der Waals surface area contributed by atoms with Crippen molar-refractivity contribution in [1.82, 2.24) is 0 Å². The first-order chi connectivity index (χ1) is 7.26. The van der Waals surface area contributed by atoms with Crippen LogP contribution >= 0.6 is 15.9 Å². The van der Waals surface area contributed by atoms with Gasteiger partial charge in [-0.15, -0.1) is 0 Å². The second-order valence-corrected chi connectivity index (χ2v) is 4.76. The number of nitrogens with zero attached hydrogens (tertiary/aromatic N) is 1. The molecule has 0 N–H and O–H groups in total. The molecule has 1 unspecified atom stereocenters. The Bertz CT molecular complexity index is 378. The van der Waals surface area contributed by atoms with Crippen LogP contribution in [0, 0.1) is 0 Å². The number of hydrogen-bond donors (Lipinski definition) is 0. The Labute approximate surface area is 98.4 Å². The van der Waals surface area contributed by atoms with Crippen LogP contribution in [0.5, 0.6) is 0 Å². The number of benzene rings is 1. The minimum atomic E-state index is 0.370. The fourth-order valence-corrected chi connectivity index (χ4v) is 2.60. The van der Waals surface area contributed by atoms with E-state index in [2.05, 4.69) is 46.0 Å². The molecule has 1 heterocycles. The lowest BCUT2D eigenvalue weighted by molar-refractivity contribution is -0.108. The molecule has 0 saturated heterocycles. The number of carbonyl (C=O) groups is 1. The summed E-state index contributed by atoms with van der Waals surface area (Å²) >= 11 is 3.48. The molecule has 2 rings (SSSR count). The van der Waals surface area contributed by atoms with Crippen molar-refractivity contribution in [2.75, 3.05) is 18.0 Å². The lowest BCUT2D eigenvalue weighted by Gasteiger charge is -2.16. The van der Waals surface area contributed by atoms with Crippen molar-refractivity contribution in [2.45, 2.75) is 19.3 Å². The van der Waals surface area contributed by atoms with E-state index in [1.807, 2.05) is 0 Å². The van der Waals surface area contributed by atoms with E-state index in [0.717, 1.165) is 23.8 Å². The van der Waals surface area contributed by atoms with Crippen LogP contribution in [0.3, 0.4) is 0 Å². The van der Waals surface area contributed by atoms with Gasteiger partial charge in [0, 0.05) is 35.6 Å². The Balaban J connectivity index is 2.38. The molecule has 0 bridgehead atoms. The number of likely N-dealkylation sites (N-methyl/N-ethyl adjacent to an activating group) is 1. The molecule has 0 fully saturated rings. The SMILES string of the molecule is CCN1CC(CC=O)c2cc(Br)ccc21. The fraction of sp³-hybridized carbons (Fsp3) is 0.417. The van der Waals surface area contributed by atoms with Gasteiger partial charge in [-0.2, -0.15) is 0 Å². The van der Waals surface area contributed by atoms with E-state index in [0.29, 0.717) is 12.3 Å². The van der Waals surface area contributed by atoms with Crippen LogP contribution in [0.25, 0.3) is 0 Å². The van der Waals surface area contributed by atoms with Crippen molar-refractivity contribution >= 4 is 27.9 Å². The van der Waals surface area contributed by atoms with Crippen LogP contribution in [0.4, 0.5) is 5.69 Å². The monoisotopic (exact) mass is 267 g/mol. The quantitative estimate of drug-likeness (QED) is 0.785. The molecular weight excluding hydrogens is 254 g/mol. The lowest BCUT2D eigenvalue weighted by atomic mass is 9.99. The molecule has 0 amide bonds. The van der Waals surface area contributed by atoms with Crippen molar-refractivity contribution in [3.63, 3.8) is 0 Å². The molecule has 80 valence electrons. The minimum absolute atomic E-state index is 0.370. The summed E-state index contributed by atoms with van der Waals surface area (Å²) in [4.78, 5) is 12.9. The van der Waals surface area contributed by atoms with Crippen LogP contribution in [0.2, 0.25) is 0 Å². The molecule has 0 radical (unpaired) electrons. The third kappa shape index (κ3) is 1.93. The number of fused-ring (bicyclic) bond motifs is 1. The molecule has 15 heavy (non-hydrogen) atoms. The van der Waals surface area contributed by atoms with Crippen molar-refractivity contribution in [2.24, 2.45) is 0 Å². The van der Waals surface area contributed by atoms with Gasteiger partial charge < -0.3 is 9.69 Å². The molecule has 1 aliphatic heterocycles. The fourth-order valence-electron chi connectivity index (χ4n) is 2.22. The Kier molecular flexibility index (Phi) is 3.10. The van der Waals surface area contributed by atoms with Crippen molar-refractivity contribution < 1.29 is 4.79 Å². The average molecular weight is 268 g/mol. The normalized spacial score (nSPS) is 19.1. The van der Waals surface area contributed by atoms with Crippen LogP contribution < -0.4 is 4.90 Å². The zero-order chi connectivity index (χ0) is 10.8. The predicted molar refractivity (Wildman–Crippen MR) is 65.5 cm³/mol. The van der Waals surface area contributed by atoms with Gasteiger partial charge in [0.05, 0.1) is 0 Å². The van der Waals surface area contributed by atoms with Gasteiger partial charge in [0.25, 0.3) is 0 Å². The minimum Gasteiger partial charge on any atom is -0.371 e. The molecular formula is C12H14BrNO. The standard InChI is InChI=1S/C12H14BrNO/c1-2-14-8-9(5-6-15)11-7-10(13)3-4-12(11)14/h3-4,6-7,9H,2,5,8H2,1H3. The van der Waals surface area contributed by atoms with E-state index in [1.54, 1.807) is 0 Å². The molecule has 0 saturated carbocycles. The van der Waals surface area contributed by atoms with Gasteiger partial charge in [-0.1, -0.05) is 15.9 Å². The summed E-state index contributed by atoms with van der Waals surface area (Å²) in [7, 11) is 0. The molecule has 1 atom stereocenters. The van der Waals surface area contributed by atoms with Gasteiger partial charge in [0.2, 0.25) is 0 Å². The topological polar surface area (TPSA) is 20.3 Å². The maximum atomic E-state index is 10.6. The molecule has 2 nitrogen and oxygen atoms in total. The van der Waals surface area contributed by atoms with Gasteiger partial charge in [-0.05, 0) is 30.7 Å². The van der Waals surface area contributed by atoms with Crippen molar-refractivity contribution in [1.29, 1.82) is 0 Å². The Morgan fingerprint density at radius 2 is 2.40 bits per heavy atom. The van der Waals surface area contributed by atoms with E-state index in [-0.39, 0.29) is 0 Å². The Morgan fingerprint density at radius 3 is 3.07 bits per heavy atom. The maximum absolute atomic E-state index is 10.6. The van der Waals surface area contributed by atoms with Crippen molar-refractivity contribution in [3.8, 4) is 0 Å². The van der Waals surface area contributed by atoms with Crippen LogP contribution in [0.15, 0.2) is 22.7 Å². The Morgan fingerprint density at radius 1 is 1.60 bits per heavy atom. The third-order valence-corrected chi connectivity index (χ3v) is 3.47. The van der Waals surface area contributed by atoms with Crippen LogP contribution in [-0.2, 0) is 4.79 Å². The molecule has 0 aliphatic carbocycles. The zero-order valence-electron chi connectivity index (χ0n) is 8.74. The number of halogens is 1. The number of rotatable bonds is 3. The van der Waals surface area contributed by atoms with E-state index < -0.39 is 0 Å². The highest BCUT2D eigenvalue weighted by Gasteiger charge is 2.27. The van der Waals surface area contributed by atoms with Gasteiger partial charge >= 0.3 is 0 Å². The van der Waals surface area contributed by atoms with Gasteiger partial charge in [-0.25, -0.2) is 0 Å². The number of aldehydes is 1. The summed E-state index contributed by atoms with van der Waals surface area (Å²) in [5.74, 6) is 0.370. The maximum Gasteiger partial charge on any atom is 0.120 e. The molecule has 1 aliphatic rings. The van der Waals surface area contributed by atoms with Gasteiger partial charge in [-0.3, -0.25) is 0 Å². The lowest BCUT2D eigenvalue weighted by Crippen LogP contribution is -2.21. The summed E-state index contributed by atoms with van der Waals surface area (Å²) in [6.45, 7) is 4.13. The van der Waals surface area contributed by atoms with E-state index in [4.69, 9.17) is 0 Å². The first-order valence-electron chi connectivity index (χ1n) is 5.24. The third-order valence-electron chi connectivity index (χ3n) is 2.97. The summed E-state index contributed by atoms with van der Waals surface area (Å²) in [5, 5.41) is 0. The Hall–Kier alpha value is -0.830. The molecule has 3 heteroatoms. The smallest absolute Gasteiger partial charge is 0.120 e. The number of carbonyl (C=O) groups excluding carboxylic acids is 1. The number of hydrogen-bond acceptors (Lipinski definition) is 2. The van der Waals surface area contributed by atoms with E-state index in [9.17, 15) is 4.79 Å². The largest absolute Gasteiger partial charge is 0.371 e. The molecule has 0 spiro atoms. The summed E-state index contributed by atoms with van der Waals surface area (Å²) in [5.41, 5.74) is 2.59. The summed E-state index contributed by atoms with van der Waals surface area (Å²) in [6, 6.07) is 6.33. The molecule has 1 aromatic rings. The number of anilines is 1. The average Bonchev–Trinajstić information content (AvgIpc) is 2.57. The van der Waals surface area contributed by atoms with E-state index in [1.165, 1.54) is 11.3 Å².